The molecule has 3 heteroatoms. The average molecular weight is 549 g/mol. The van der Waals surface area contributed by atoms with Gasteiger partial charge in [0.25, 0.3) is 16.6 Å². The highest BCUT2D eigenvalue weighted by Crippen LogP contribution is 2.19. The van der Waals surface area contributed by atoms with Crippen molar-refractivity contribution in [2.45, 2.75) is 6.92 Å². The van der Waals surface area contributed by atoms with Crippen molar-refractivity contribution in [1.29, 1.82) is 0 Å². The van der Waals surface area contributed by atoms with E-state index in [0.29, 0.717) is 0 Å². The average Bonchev–Trinajstić information content (AvgIpc) is 3.04. The Labute approximate surface area is 239 Å². The summed E-state index contributed by atoms with van der Waals surface area (Å²) in [4.78, 5) is 0. The van der Waals surface area contributed by atoms with Gasteiger partial charge in [0, 0.05) is 0 Å². The lowest BCUT2D eigenvalue weighted by Gasteiger charge is -2.44. The zero-order valence-corrected chi connectivity index (χ0v) is 24.7. The minimum atomic E-state index is -3.08. The number of hydrogen-bond acceptors (Lipinski definition) is 1. The van der Waals surface area contributed by atoms with E-state index in [1.165, 1.54) is 36.7 Å². The molecule has 0 heterocycles. The zero-order chi connectivity index (χ0) is 27.3. The van der Waals surface area contributed by atoms with Crippen LogP contribution in [-0.2, 0) is 4.12 Å². The maximum absolute atomic E-state index is 8.27. The van der Waals surface area contributed by atoms with Crippen LogP contribution < -0.4 is 31.1 Å². The van der Waals surface area contributed by atoms with Gasteiger partial charge in [0.2, 0.25) is 0 Å². The molecule has 0 amide bonds. The van der Waals surface area contributed by atoms with Gasteiger partial charge in [0.1, 0.15) is 0 Å². The molecule has 0 aromatic heterocycles. The van der Waals surface area contributed by atoms with Gasteiger partial charge in [-0.15, -0.1) is 0 Å². The summed E-state index contributed by atoms with van der Waals surface area (Å²) in [6.07, 6.45) is 0. The van der Waals surface area contributed by atoms with Gasteiger partial charge in [-0.2, -0.15) is 0 Å². The van der Waals surface area contributed by atoms with Crippen molar-refractivity contribution in [2.75, 3.05) is 0 Å². The highest BCUT2D eigenvalue weighted by Gasteiger charge is 2.52. The molecular weight excluding hydrogens is 517 g/mol. The largest absolute Gasteiger partial charge is 0.435 e. The second-order valence-electron chi connectivity index (χ2n) is 10.2. The summed E-state index contributed by atoms with van der Waals surface area (Å²) in [7, 11) is -6.14. The molecule has 6 rings (SSSR count). The highest BCUT2D eigenvalue weighted by atomic mass is 28.4. The lowest BCUT2D eigenvalue weighted by atomic mass is 10.2. The van der Waals surface area contributed by atoms with Crippen LogP contribution in [0.2, 0.25) is 0 Å². The smallest absolute Gasteiger partial charge is 0.278 e. The summed E-state index contributed by atoms with van der Waals surface area (Å²) in [5.41, 5.74) is 1.23. The maximum atomic E-state index is 8.27. The molecule has 0 saturated heterocycles. The van der Waals surface area contributed by atoms with Crippen LogP contribution in [0.4, 0.5) is 0 Å². The molecule has 6 aromatic carbocycles. The Morgan fingerprint density at radius 1 is 0.325 bits per heavy atom. The molecule has 1 nitrogen and oxygen atoms in total. The van der Waals surface area contributed by atoms with Crippen molar-refractivity contribution < 1.29 is 4.12 Å². The molecule has 0 aliphatic rings. The Kier molecular flexibility index (Phi) is 7.43. The summed E-state index contributed by atoms with van der Waals surface area (Å²) in [5, 5.41) is 7.46. The number of aryl methyl sites for hydroxylation is 1. The third kappa shape index (κ3) is 4.69. The van der Waals surface area contributed by atoms with E-state index in [-0.39, 0.29) is 0 Å². The van der Waals surface area contributed by atoms with E-state index < -0.39 is 16.6 Å². The van der Waals surface area contributed by atoms with Gasteiger partial charge in [0.15, 0.2) is 0 Å². The van der Waals surface area contributed by atoms with Gasteiger partial charge in [-0.3, -0.25) is 0 Å². The topological polar surface area (TPSA) is 9.23 Å². The first-order valence-corrected chi connectivity index (χ1v) is 17.6. The molecule has 0 bridgehead atoms. The van der Waals surface area contributed by atoms with Crippen LogP contribution in [0.15, 0.2) is 176 Å². The minimum absolute atomic E-state index is 1.23. The summed E-state index contributed by atoms with van der Waals surface area (Å²) < 4.78 is 8.27. The lowest BCUT2D eigenvalue weighted by molar-refractivity contribution is 0.600. The van der Waals surface area contributed by atoms with Gasteiger partial charge in [-0.25, -0.2) is 0 Å². The molecule has 0 radical (unpaired) electrons. The van der Waals surface area contributed by atoms with E-state index >= 15 is 0 Å². The van der Waals surface area contributed by atoms with Gasteiger partial charge >= 0.3 is 0 Å². The van der Waals surface area contributed by atoms with Crippen LogP contribution in [0, 0.1) is 6.92 Å². The molecule has 40 heavy (non-hydrogen) atoms. The molecule has 0 N–H and O–H groups in total. The van der Waals surface area contributed by atoms with Gasteiger partial charge in [0.05, 0.1) is 0 Å². The number of hydrogen-bond donors (Lipinski definition) is 0. The second-order valence-corrected chi connectivity index (χ2v) is 17.2. The SMILES string of the molecule is Cc1cccc([Si](O[Si](c2ccccc2)(c2ccccc2)c2ccccc2)(c2ccccc2)c2ccccc2)c1. The van der Waals surface area contributed by atoms with Crippen molar-refractivity contribution in [3.05, 3.63) is 181 Å². The predicted molar refractivity (Wildman–Crippen MR) is 174 cm³/mol. The first-order chi connectivity index (χ1) is 19.7. The third-order valence-electron chi connectivity index (χ3n) is 7.63. The Hall–Kier alpha value is -4.29. The molecule has 0 saturated carbocycles. The van der Waals surface area contributed by atoms with E-state index in [1.807, 2.05) is 0 Å². The fraction of sp³-hybridized carbons (Fsp3) is 0.0270. The highest BCUT2D eigenvalue weighted by molar-refractivity contribution is 7.18. The van der Waals surface area contributed by atoms with Gasteiger partial charge in [-0.1, -0.05) is 181 Å². The Bertz CT molecular complexity index is 1520. The van der Waals surface area contributed by atoms with Crippen molar-refractivity contribution in [3.8, 4) is 0 Å². The van der Waals surface area contributed by atoms with E-state index in [4.69, 9.17) is 4.12 Å². The third-order valence-corrected chi connectivity index (χ3v) is 16.9. The monoisotopic (exact) mass is 548 g/mol. The first kappa shape index (κ1) is 26.0. The van der Waals surface area contributed by atoms with Crippen molar-refractivity contribution in [2.24, 2.45) is 0 Å². The molecule has 0 aliphatic heterocycles. The van der Waals surface area contributed by atoms with Crippen molar-refractivity contribution in [3.63, 3.8) is 0 Å². The summed E-state index contributed by atoms with van der Waals surface area (Å²) in [6.45, 7) is 2.18. The number of rotatable bonds is 8. The lowest BCUT2D eigenvalue weighted by Crippen LogP contribution is -2.81. The van der Waals surface area contributed by atoms with Crippen LogP contribution in [-0.4, -0.2) is 16.6 Å². The van der Waals surface area contributed by atoms with E-state index in [2.05, 4.69) is 183 Å². The Balaban J connectivity index is 1.77. The molecule has 0 fully saturated rings. The molecule has 6 aromatic rings. The van der Waals surface area contributed by atoms with Crippen LogP contribution in [0.5, 0.6) is 0 Å². The van der Waals surface area contributed by atoms with Gasteiger partial charge < -0.3 is 4.12 Å². The fourth-order valence-electron chi connectivity index (χ4n) is 5.81. The van der Waals surface area contributed by atoms with Crippen molar-refractivity contribution >= 4 is 47.8 Å². The standard InChI is InChI=1S/C37H32OSi2/c1-31-18-17-29-37(30-31)40(35-25-13-5-14-26-35,36-27-15-6-16-28-36)38-39(32-19-7-2-8-20-32,33-21-9-3-10-22-33)34-23-11-4-12-24-34/h2-30H,1H3. The van der Waals surface area contributed by atoms with E-state index in [9.17, 15) is 0 Å². The van der Waals surface area contributed by atoms with E-state index in [1.54, 1.807) is 0 Å². The van der Waals surface area contributed by atoms with Crippen LogP contribution in [0.1, 0.15) is 5.56 Å². The van der Waals surface area contributed by atoms with Crippen LogP contribution >= 0.6 is 0 Å². The predicted octanol–water partition coefficient (Wildman–Crippen LogP) is 4.65. The molecule has 0 atom stereocenters. The van der Waals surface area contributed by atoms with Crippen molar-refractivity contribution in [1.82, 2.24) is 0 Å². The molecule has 0 aliphatic carbocycles. The number of benzene rings is 6. The second kappa shape index (κ2) is 11.4. The first-order valence-electron chi connectivity index (χ1n) is 13.8. The minimum Gasteiger partial charge on any atom is -0.435 e. The van der Waals surface area contributed by atoms with Crippen LogP contribution in [0.3, 0.4) is 0 Å². The summed E-state index contributed by atoms with van der Waals surface area (Å²) >= 11 is 0. The molecule has 0 spiro atoms. The van der Waals surface area contributed by atoms with E-state index in [0.717, 1.165) is 0 Å². The zero-order valence-electron chi connectivity index (χ0n) is 22.7. The van der Waals surface area contributed by atoms with Gasteiger partial charge in [-0.05, 0) is 38.0 Å². The quantitative estimate of drug-likeness (QED) is 0.199. The molecule has 194 valence electrons. The normalized spacial score (nSPS) is 11.7. The maximum Gasteiger partial charge on any atom is 0.278 e. The molecule has 0 unspecified atom stereocenters. The Morgan fingerprint density at radius 3 is 0.900 bits per heavy atom. The summed E-state index contributed by atoms with van der Waals surface area (Å²) in [5.74, 6) is 0. The Morgan fingerprint density at radius 2 is 0.600 bits per heavy atom. The fourth-order valence-corrected chi connectivity index (χ4v) is 16.5. The molecular formula is C37H32OSi2. The van der Waals surface area contributed by atoms with Crippen LogP contribution in [0.25, 0.3) is 0 Å². The summed E-state index contributed by atoms with van der Waals surface area (Å²) in [6, 6.07) is 63.6.